The largest absolute Gasteiger partial charge is 0.423 e. The first kappa shape index (κ1) is 15.6. The molecule has 0 bridgehead atoms. The SMILES string of the molecule is Cc1cc(C(=O)Oc2ccc3cc(C(=N)N)ccc3c2)ccc1N. The first-order valence-electron chi connectivity index (χ1n) is 7.40. The van der Waals surface area contributed by atoms with Crippen LogP contribution in [0.4, 0.5) is 5.69 Å². The molecule has 0 saturated carbocycles. The van der Waals surface area contributed by atoms with E-state index in [9.17, 15) is 4.79 Å². The maximum absolute atomic E-state index is 12.2. The lowest BCUT2D eigenvalue weighted by Crippen LogP contribution is -2.10. The summed E-state index contributed by atoms with van der Waals surface area (Å²) in [5.41, 5.74) is 13.8. The van der Waals surface area contributed by atoms with E-state index in [0.29, 0.717) is 22.6 Å². The van der Waals surface area contributed by atoms with Crippen molar-refractivity contribution in [3.8, 4) is 5.75 Å². The molecular formula is C19H17N3O2. The second-order valence-corrected chi connectivity index (χ2v) is 5.60. The van der Waals surface area contributed by atoms with Crippen molar-refractivity contribution in [3.05, 3.63) is 71.3 Å². The Labute approximate surface area is 139 Å². The summed E-state index contributed by atoms with van der Waals surface area (Å²) in [6, 6.07) is 15.8. The van der Waals surface area contributed by atoms with Gasteiger partial charge in [0.1, 0.15) is 11.6 Å². The first-order chi connectivity index (χ1) is 11.4. The highest BCUT2D eigenvalue weighted by atomic mass is 16.5. The number of carbonyl (C=O) groups excluding carboxylic acids is 1. The number of rotatable bonds is 3. The van der Waals surface area contributed by atoms with Gasteiger partial charge in [0.25, 0.3) is 0 Å². The zero-order valence-electron chi connectivity index (χ0n) is 13.2. The van der Waals surface area contributed by atoms with Crippen molar-refractivity contribution >= 4 is 28.3 Å². The van der Waals surface area contributed by atoms with Crippen molar-refractivity contribution in [2.75, 3.05) is 5.73 Å². The topological polar surface area (TPSA) is 102 Å². The molecule has 0 spiro atoms. The molecule has 0 aromatic heterocycles. The molecule has 3 aromatic carbocycles. The standard InChI is InChI=1S/C19H17N3O2/c1-11-8-15(5-7-17(11)20)19(23)24-16-6-4-12-9-14(18(21)22)3-2-13(12)10-16/h2-10H,20H2,1H3,(H3,21,22). The van der Waals surface area contributed by atoms with E-state index in [2.05, 4.69) is 0 Å². The molecule has 0 aliphatic rings. The van der Waals surface area contributed by atoms with Crippen LogP contribution in [-0.4, -0.2) is 11.8 Å². The van der Waals surface area contributed by atoms with Gasteiger partial charge in [-0.15, -0.1) is 0 Å². The van der Waals surface area contributed by atoms with Crippen molar-refractivity contribution in [1.29, 1.82) is 5.41 Å². The molecule has 0 unspecified atom stereocenters. The monoisotopic (exact) mass is 319 g/mol. The highest BCUT2D eigenvalue weighted by molar-refractivity contribution is 5.99. The number of nitrogen functional groups attached to an aromatic ring is 2. The Bertz CT molecular complexity index is 964. The van der Waals surface area contributed by atoms with Crippen molar-refractivity contribution in [3.63, 3.8) is 0 Å². The van der Waals surface area contributed by atoms with Crippen LogP contribution in [0.3, 0.4) is 0 Å². The van der Waals surface area contributed by atoms with Crippen molar-refractivity contribution < 1.29 is 9.53 Å². The van der Waals surface area contributed by atoms with Crippen LogP contribution in [0.2, 0.25) is 0 Å². The highest BCUT2D eigenvalue weighted by Crippen LogP contribution is 2.23. The highest BCUT2D eigenvalue weighted by Gasteiger charge is 2.10. The molecule has 0 heterocycles. The molecular weight excluding hydrogens is 302 g/mol. The van der Waals surface area contributed by atoms with E-state index >= 15 is 0 Å². The Hall–Kier alpha value is -3.34. The molecule has 0 amide bonds. The number of fused-ring (bicyclic) bond motifs is 1. The lowest BCUT2D eigenvalue weighted by Gasteiger charge is -2.08. The van der Waals surface area contributed by atoms with Gasteiger partial charge in [0.15, 0.2) is 0 Å². The van der Waals surface area contributed by atoms with Crippen molar-refractivity contribution in [2.24, 2.45) is 5.73 Å². The van der Waals surface area contributed by atoms with Crippen LogP contribution in [0.15, 0.2) is 54.6 Å². The van der Waals surface area contributed by atoms with Gasteiger partial charge in [-0.1, -0.05) is 18.2 Å². The summed E-state index contributed by atoms with van der Waals surface area (Å²) in [5, 5.41) is 9.30. The quantitative estimate of drug-likeness (QED) is 0.227. The molecule has 3 rings (SSSR count). The van der Waals surface area contributed by atoms with E-state index in [1.54, 1.807) is 36.4 Å². The van der Waals surface area contributed by atoms with E-state index in [-0.39, 0.29) is 5.84 Å². The predicted molar refractivity (Wildman–Crippen MR) is 95.5 cm³/mol. The zero-order valence-corrected chi connectivity index (χ0v) is 13.2. The smallest absolute Gasteiger partial charge is 0.343 e. The minimum atomic E-state index is -0.433. The number of benzene rings is 3. The number of ether oxygens (including phenoxy) is 1. The van der Waals surface area contributed by atoms with E-state index in [0.717, 1.165) is 16.3 Å². The summed E-state index contributed by atoms with van der Waals surface area (Å²) in [5.74, 6) is 0.0430. The minimum absolute atomic E-state index is 0.0196. The average molecular weight is 319 g/mol. The molecule has 24 heavy (non-hydrogen) atoms. The van der Waals surface area contributed by atoms with Crippen molar-refractivity contribution in [1.82, 2.24) is 0 Å². The number of carbonyl (C=O) groups is 1. The molecule has 0 radical (unpaired) electrons. The van der Waals surface area contributed by atoms with Crippen LogP contribution >= 0.6 is 0 Å². The fraction of sp³-hybridized carbons (Fsp3) is 0.0526. The van der Waals surface area contributed by atoms with Gasteiger partial charge >= 0.3 is 5.97 Å². The Morgan fingerprint density at radius 2 is 1.62 bits per heavy atom. The molecule has 0 atom stereocenters. The lowest BCUT2D eigenvalue weighted by atomic mass is 10.1. The molecule has 5 N–H and O–H groups in total. The summed E-state index contributed by atoms with van der Waals surface area (Å²) in [4.78, 5) is 12.2. The maximum Gasteiger partial charge on any atom is 0.343 e. The zero-order chi connectivity index (χ0) is 17.3. The minimum Gasteiger partial charge on any atom is -0.423 e. The lowest BCUT2D eigenvalue weighted by molar-refractivity contribution is 0.0735. The third-order valence-electron chi connectivity index (χ3n) is 3.84. The van der Waals surface area contributed by atoms with E-state index in [1.165, 1.54) is 0 Å². The van der Waals surface area contributed by atoms with E-state index in [4.69, 9.17) is 21.6 Å². The summed E-state index contributed by atoms with van der Waals surface area (Å²) >= 11 is 0. The summed E-state index contributed by atoms with van der Waals surface area (Å²) in [7, 11) is 0. The van der Waals surface area contributed by atoms with Crippen LogP contribution in [-0.2, 0) is 0 Å². The maximum atomic E-state index is 12.2. The normalized spacial score (nSPS) is 10.5. The van der Waals surface area contributed by atoms with Crippen LogP contribution in [0.25, 0.3) is 10.8 Å². The summed E-state index contributed by atoms with van der Waals surface area (Å²) in [6.45, 7) is 1.84. The van der Waals surface area contributed by atoms with E-state index < -0.39 is 5.97 Å². The number of nitrogens with two attached hydrogens (primary N) is 2. The van der Waals surface area contributed by atoms with Crippen molar-refractivity contribution in [2.45, 2.75) is 6.92 Å². The van der Waals surface area contributed by atoms with Gasteiger partial charge in [-0.25, -0.2) is 4.79 Å². The molecule has 0 fully saturated rings. The van der Waals surface area contributed by atoms with Gasteiger partial charge < -0.3 is 16.2 Å². The summed E-state index contributed by atoms with van der Waals surface area (Å²) in [6.07, 6.45) is 0. The fourth-order valence-corrected chi connectivity index (χ4v) is 2.42. The number of hydrogen-bond acceptors (Lipinski definition) is 4. The van der Waals surface area contributed by atoms with Crippen LogP contribution in [0, 0.1) is 12.3 Å². The van der Waals surface area contributed by atoms with Gasteiger partial charge in [-0.3, -0.25) is 5.41 Å². The van der Waals surface area contributed by atoms with Crippen LogP contribution < -0.4 is 16.2 Å². The Morgan fingerprint density at radius 1 is 0.958 bits per heavy atom. The van der Waals surface area contributed by atoms with Gasteiger partial charge in [0, 0.05) is 11.3 Å². The molecule has 120 valence electrons. The number of anilines is 1. The molecule has 0 aliphatic carbocycles. The molecule has 0 saturated heterocycles. The third-order valence-corrected chi connectivity index (χ3v) is 3.84. The number of hydrogen-bond donors (Lipinski definition) is 3. The van der Waals surface area contributed by atoms with Gasteiger partial charge in [-0.05, 0) is 59.7 Å². The Morgan fingerprint density at radius 3 is 2.33 bits per heavy atom. The van der Waals surface area contributed by atoms with Gasteiger partial charge in [-0.2, -0.15) is 0 Å². The second-order valence-electron chi connectivity index (χ2n) is 5.60. The number of nitrogens with one attached hydrogen (secondary N) is 1. The van der Waals surface area contributed by atoms with Crippen LogP contribution in [0.5, 0.6) is 5.75 Å². The molecule has 0 aliphatic heterocycles. The third kappa shape index (κ3) is 3.05. The first-order valence-corrected chi connectivity index (χ1v) is 7.40. The summed E-state index contributed by atoms with van der Waals surface area (Å²) < 4.78 is 5.43. The Kier molecular flexibility index (Phi) is 3.92. The number of esters is 1. The van der Waals surface area contributed by atoms with E-state index in [1.807, 2.05) is 25.1 Å². The van der Waals surface area contributed by atoms with Gasteiger partial charge in [0.05, 0.1) is 5.56 Å². The molecule has 5 heteroatoms. The number of aryl methyl sites for hydroxylation is 1. The van der Waals surface area contributed by atoms with Gasteiger partial charge in [0.2, 0.25) is 0 Å². The number of amidine groups is 1. The van der Waals surface area contributed by atoms with Crippen LogP contribution in [0.1, 0.15) is 21.5 Å². The Balaban J connectivity index is 1.86. The fourth-order valence-electron chi connectivity index (χ4n) is 2.42. The molecule has 5 nitrogen and oxygen atoms in total. The second kappa shape index (κ2) is 6.04. The molecule has 3 aromatic rings. The predicted octanol–water partition coefficient (Wildman–Crippen LogP) is 3.23. The average Bonchev–Trinajstić information content (AvgIpc) is 2.56.